The number of hydrogen-bond acceptors (Lipinski definition) is 15. The number of esters is 4. The molecule has 0 saturated carbocycles. The standard InChI is InChI=1S/C82H160O17P2/c1-9-75(8)61-53-45-36-30-24-20-16-12-10-11-13-17-22-26-32-38-48-56-64-81(86)99-78(69-93-80(85)63-55-47-41-40-44-52-60-74(6)7)71-97-101(90,91)95-67-76(83)66-94-100(88,89)96-70-77(98-82(87)65-57-49-39-33-27-29-35-43-51-59-73(4)5)68-92-79(84)62-54-46-37-31-25-21-18-14-15-19-23-28-34-42-50-58-72(2)3/h72-78,83H,9-71H2,1-8H3,(H,88,89)(H,90,91)/t75?,76-,77-,78-/m1/s1. The maximum Gasteiger partial charge on any atom is 0.472 e. The zero-order valence-electron chi connectivity index (χ0n) is 66.5. The minimum absolute atomic E-state index is 0.105. The van der Waals surface area contributed by atoms with Gasteiger partial charge in [-0.25, -0.2) is 9.13 Å². The van der Waals surface area contributed by atoms with Gasteiger partial charge in [-0.05, 0) is 49.4 Å². The molecule has 0 rings (SSSR count). The second kappa shape index (κ2) is 71.0. The number of carbonyl (C=O) groups is 4. The van der Waals surface area contributed by atoms with Crippen LogP contribution in [0.5, 0.6) is 0 Å². The maximum atomic E-state index is 13.1. The summed E-state index contributed by atoms with van der Waals surface area (Å²) in [5.41, 5.74) is 0. The Morgan fingerprint density at radius 1 is 0.277 bits per heavy atom. The van der Waals surface area contributed by atoms with Gasteiger partial charge in [0.1, 0.15) is 19.3 Å². The molecule has 3 unspecified atom stereocenters. The lowest BCUT2D eigenvalue weighted by Gasteiger charge is -2.21. The Morgan fingerprint density at radius 3 is 0.703 bits per heavy atom. The Bertz CT molecular complexity index is 1970. The van der Waals surface area contributed by atoms with Gasteiger partial charge in [0, 0.05) is 25.7 Å². The first-order valence-electron chi connectivity index (χ1n) is 42.2. The Labute approximate surface area is 619 Å². The quantitative estimate of drug-likeness (QED) is 0.0222. The van der Waals surface area contributed by atoms with E-state index < -0.39 is 97.5 Å². The monoisotopic (exact) mass is 1480 g/mol. The molecular weight excluding hydrogens is 1320 g/mol. The number of aliphatic hydroxyl groups excluding tert-OH is 1. The van der Waals surface area contributed by atoms with Crippen LogP contribution in [0, 0.1) is 23.7 Å². The van der Waals surface area contributed by atoms with Crippen LogP contribution in [0.3, 0.4) is 0 Å². The molecule has 17 nitrogen and oxygen atoms in total. The molecule has 0 radical (unpaired) electrons. The lowest BCUT2D eigenvalue weighted by atomic mass is 9.99. The van der Waals surface area contributed by atoms with Crippen molar-refractivity contribution in [1.29, 1.82) is 0 Å². The second-order valence-electron chi connectivity index (χ2n) is 31.2. The van der Waals surface area contributed by atoms with Gasteiger partial charge < -0.3 is 33.8 Å². The van der Waals surface area contributed by atoms with Crippen molar-refractivity contribution in [2.75, 3.05) is 39.6 Å². The fourth-order valence-corrected chi connectivity index (χ4v) is 14.2. The minimum Gasteiger partial charge on any atom is -0.462 e. The number of carbonyl (C=O) groups excluding carboxylic acids is 4. The highest BCUT2D eigenvalue weighted by atomic mass is 31.2. The first kappa shape index (κ1) is 99.1. The molecule has 0 heterocycles. The number of phosphoric ester groups is 2. The number of aliphatic hydroxyl groups is 1. The maximum absolute atomic E-state index is 13.1. The van der Waals surface area contributed by atoms with Crippen LogP contribution in [-0.2, 0) is 65.4 Å². The van der Waals surface area contributed by atoms with Crippen LogP contribution in [0.4, 0.5) is 0 Å². The SMILES string of the molecule is CCC(C)CCCCCCCCCCCCCCCCCCCCC(=O)O[C@H](COC(=O)CCCCCCCCC(C)C)COP(=O)(O)OC[C@H](O)COP(=O)(O)OC[C@@H](COC(=O)CCCCCCCCCCCCCCCCCC(C)C)OC(=O)CCCCCCCCCCCC(C)C. The van der Waals surface area contributed by atoms with Crippen LogP contribution in [0.25, 0.3) is 0 Å². The van der Waals surface area contributed by atoms with Gasteiger partial charge in [-0.15, -0.1) is 0 Å². The summed E-state index contributed by atoms with van der Waals surface area (Å²) in [6.45, 7) is 14.2. The second-order valence-corrected chi connectivity index (χ2v) is 34.1. The fraction of sp³-hybridized carbons (Fsp3) is 0.951. The van der Waals surface area contributed by atoms with E-state index in [1.165, 1.54) is 218 Å². The van der Waals surface area contributed by atoms with Gasteiger partial charge in [0.25, 0.3) is 0 Å². The largest absolute Gasteiger partial charge is 0.472 e. The lowest BCUT2D eigenvalue weighted by molar-refractivity contribution is -0.161. The van der Waals surface area contributed by atoms with Crippen molar-refractivity contribution in [3.63, 3.8) is 0 Å². The Kier molecular flexibility index (Phi) is 69.6. The molecular formula is C82H160O17P2. The smallest absolute Gasteiger partial charge is 0.462 e. The number of unbranched alkanes of at least 4 members (excludes halogenated alkanes) is 44. The third kappa shape index (κ3) is 74.7. The Hall–Kier alpha value is -1.94. The van der Waals surface area contributed by atoms with Gasteiger partial charge in [-0.1, -0.05) is 370 Å². The molecule has 0 aromatic carbocycles. The Morgan fingerprint density at radius 2 is 0.475 bits per heavy atom. The average molecular weight is 1480 g/mol. The van der Waals surface area contributed by atoms with E-state index in [2.05, 4.69) is 55.4 Å². The summed E-state index contributed by atoms with van der Waals surface area (Å²) in [5.74, 6) is 0.976. The van der Waals surface area contributed by atoms with Crippen LogP contribution < -0.4 is 0 Å². The third-order valence-corrected chi connectivity index (χ3v) is 21.3. The number of phosphoric acid groups is 2. The molecule has 3 N–H and O–H groups in total. The number of rotatable bonds is 79. The summed E-state index contributed by atoms with van der Waals surface area (Å²) in [5, 5.41) is 10.6. The van der Waals surface area contributed by atoms with E-state index in [1.807, 2.05) is 0 Å². The molecule has 0 aliphatic carbocycles. The summed E-state index contributed by atoms with van der Waals surface area (Å²) in [4.78, 5) is 73.0. The molecule has 0 aromatic heterocycles. The molecule has 19 heteroatoms. The predicted octanol–water partition coefficient (Wildman–Crippen LogP) is 24.4. The number of hydrogen-bond donors (Lipinski definition) is 3. The highest BCUT2D eigenvalue weighted by molar-refractivity contribution is 7.47. The Balaban J connectivity index is 5.15. The van der Waals surface area contributed by atoms with Crippen molar-refractivity contribution >= 4 is 39.5 Å². The summed E-state index contributed by atoms with van der Waals surface area (Å²) in [6.07, 6.45) is 58.6. The highest BCUT2D eigenvalue weighted by Crippen LogP contribution is 2.45. The minimum atomic E-state index is -4.96. The van der Waals surface area contributed by atoms with Crippen LogP contribution in [0.2, 0.25) is 0 Å². The highest BCUT2D eigenvalue weighted by Gasteiger charge is 2.30. The van der Waals surface area contributed by atoms with Crippen LogP contribution in [-0.4, -0.2) is 96.7 Å². The molecule has 0 aromatic rings. The van der Waals surface area contributed by atoms with E-state index in [9.17, 15) is 43.2 Å². The zero-order chi connectivity index (χ0) is 74.6. The molecule has 0 spiro atoms. The molecule has 0 bridgehead atoms. The molecule has 0 aliphatic rings. The first-order valence-corrected chi connectivity index (χ1v) is 45.2. The summed E-state index contributed by atoms with van der Waals surface area (Å²) < 4.78 is 68.7. The normalized spacial score (nSPS) is 14.3. The van der Waals surface area contributed by atoms with Crippen LogP contribution >= 0.6 is 15.6 Å². The predicted molar refractivity (Wildman–Crippen MR) is 414 cm³/mol. The van der Waals surface area contributed by atoms with Gasteiger partial charge in [0.15, 0.2) is 12.2 Å². The van der Waals surface area contributed by atoms with Gasteiger partial charge in [0.2, 0.25) is 0 Å². The molecule has 0 amide bonds. The van der Waals surface area contributed by atoms with Crippen molar-refractivity contribution in [3.8, 4) is 0 Å². The molecule has 0 fully saturated rings. The van der Waals surface area contributed by atoms with Crippen LogP contribution in [0.15, 0.2) is 0 Å². The zero-order valence-corrected chi connectivity index (χ0v) is 68.3. The number of ether oxygens (including phenoxy) is 4. The van der Waals surface area contributed by atoms with Crippen molar-refractivity contribution in [2.45, 2.75) is 440 Å². The van der Waals surface area contributed by atoms with E-state index in [1.54, 1.807) is 0 Å². The van der Waals surface area contributed by atoms with E-state index in [0.29, 0.717) is 31.6 Å². The summed E-state index contributed by atoms with van der Waals surface area (Å²) in [6, 6.07) is 0. The van der Waals surface area contributed by atoms with E-state index in [4.69, 9.17) is 37.0 Å². The third-order valence-electron chi connectivity index (χ3n) is 19.4. The van der Waals surface area contributed by atoms with E-state index >= 15 is 0 Å². The van der Waals surface area contributed by atoms with Crippen molar-refractivity contribution in [1.82, 2.24) is 0 Å². The summed E-state index contributed by atoms with van der Waals surface area (Å²) in [7, 11) is -9.92. The van der Waals surface area contributed by atoms with E-state index in [0.717, 1.165) is 114 Å². The molecule has 0 saturated heterocycles. The van der Waals surface area contributed by atoms with Crippen molar-refractivity contribution in [2.24, 2.45) is 23.7 Å². The lowest BCUT2D eigenvalue weighted by Crippen LogP contribution is -2.30. The van der Waals surface area contributed by atoms with Gasteiger partial charge in [0.05, 0.1) is 26.4 Å². The van der Waals surface area contributed by atoms with Gasteiger partial charge in [-0.2, -0.15) is 0 Å². The molecule has 600 valence electrons. The summed E-state index contributed by atoms with van der Waals surface area (Å²) >= 11 is 0. The fourth-order valence-electron chi connectivity index (χ4n) is 12.6. The van der Waals surface area contributed by atoms with Crippen molar-refractivity contribution in [3.05, 3.63) is 0 Å². The van der Waals surface area contributed by atoms with Gasteiger partial charge in [-0.3, -0.25) is 37.3 Å². The van der Waals surface area contributed by atoms with E-state index in [-0.39, 0.29) is 25.7 Å². The van der Waals surface area contributed by atoms with Gasteiger partial charge >= 0.3 is 39.5 Å². The van der Waals surface area contributed by atoms with Crippen LogP contribution in [0.1, 0.15) is 421 Å². The molecule has 6 atom stereocenters. The topological polar surface area (TPSA) is 237 Å². The first-order chi connectivity index (χ1) is 48.6. The molecule has 0 aliphatic heterocycles. The average Bonchev–Trinajstić information content (AvgIpc) is 0.971. The molecule has 101 heavy (non-hydrogen) atoms. The van der Waals surface area contributed by atoms with Crippen molar-refractivity contribution < 1.29 is 80.2 Å².